The maximum atomic E-state index is 10.6. The van der Waals surface area contributed by atoms with Gasteiger partial charge < -0.3 is 9.67 Å². The quantitative estimate of drug-likeness (QED) is 0.847. The molecule has 0 aliphatic rings. The van der Waals surface area contributed by atoms with Gasteiger partial charge in [-0.25, -0.2) is 0 Å². The van der Waals surface area contributed by atoms with E-state index in [2.05, 4.69) is 10.2 Å². The van der Waals surface area contributed by atoms with Crippen molar-refractivity contribution in [2.24, 2.45) is 7.05 Å². The molecule has 0 saturated heterocycles. The molecule has 0 fully saturated rings. The van der Waals surface area contributed by atoms with Gasteiger partial charge in [0.1, 0.15) is 5.82 Å². The Kier molecular flexibility index (Phi) is 4.21. The summed E-state index contributed by atoms with van der Waals surface area (Å²) in [6, 6.07) is 7.61. The number of carbonyl (C=O) groups is 1. The molecule has 1 aromatic heterocycles. The highest BCUT2D eigenvalue weighted by Gasteiger charge is 2.06. The molecule has 0 spiro atoms. The number of carboxylic acids is 1. The lowest BCUT2D eigenvalue weighted by atomic mass is 10.1. The van der Waals surface area contributed by atoms with Crippen molar-refractivity contribution in [1.29, 1.82) is 0 Å². The molecular formula is C13H15N3O2S. The normalized spacial score (nSPS) is 10.6. The Morgan fingerprint density at radius 2 is 1.89 bits per heavy atom. The van der Waals surface area contributed by atoms with Crippen molar-refractivity contribution in [2.75, 3.05) is 0 Å². The van der Waals surface area contributed by atoms with Crippen LogP contribution in [0, 0.1) is 6.92 Å². The molecular weight excluding hydrogens is 262 g/mol. The Labute approximate surface area is 115 Å². The molecule has 5 nitrogen and oxygen atoms in total. The molecule has 6 heteroatoms. The number of benzene rings is 1. The zero-order valence-electron chi connectivity index (χ0n) is 10.8. The Bertz CT molecular complexity index is 578. The average Bonchev–Trinajstić information content (AvgIpc) is 2.69. The van der Waals surface area contributed by atoms with E-state index in [0.29, 0.717) is 0 Å². The number of rotatable bonds is 5. The molecule has 19 heavy (non-hydrogen) atoms. The summed E-state index contributed by atoms with van der Waals surface area (Å²) in [5.74, 6) is 0.871. The van der Waals surface area contributed by atoms with E-state index in [-0.39, 0.29) is 6.42 Å². The molecule has 1 heterocycles. The van der Waals surface area contributed by atoms with Crippen molar-refractivity contribution in [3.63, 3.8) is 0 Å². The van der Waals surface area contributed by atoms with Crippen LogP contribution in [0.5, 0.6) is 0 Å². The van der Waals surface area contributed by atoms with Crippen LogP contribution in [0.2, 0.25) is 0 Å². The van der Waals surface area contributed by atoms with Gasteiger partial charge in [0.25, 0.3) is 0 Å². The van der Waals surface area contributed by atoms with Crippen molar-refractivity contribution in [2.45, 2.75) is 24.3 Å². The van der Waals surface area contributed by atoms with Gasteiger partial charge in [-0.2, -0.15) is 0 Å². The summed E-state index contributed by atoms with van der Waals surface area (Å²) in [7, 11) is 1.94. The van der Waals surface area contributed by atoms with E-state index in [1.54, 1.807) is 11.8 Å². The predicted molar refractivity (Wildman–Crippen MR) is 73.1 cm³/mol. The zero-order valence-corrected chi connectivity index (χ0v) is 11.6. The number of aryl methyl sites for hydroxylation is 1. The fourth-order valence-electron chi connectivity index (χ4n) is 1.59. The topological polar surface area (TPSA) is 68.0 Å². The lowest BCUT2D eigenvalue weighted by Gasteiger charge is -2.03. The first-order valence-corrected chi connectivity index (χ1v) is 6.83. The second kappa shape index (κ2) is 5.88. The summed E-state index contributed by atoms with van der Waals surface area (Å²) in [6.45, 7) is 1.91. The van der Waals surface area contributed by atoms with E-state index >= 15 is 0 Å². The van der Waals surface area contributed by atoms with Crippen LogP contribution in [-0.4, -0.2) is 25.8 Å². The summed E-state index contributed by atoms with van der Waals surface area (Å²) in [5.41, 5.74) is 1.95. The lowest BCUT2D eigenvalue weighted by molar-refractivity contribution is -0.136. The molecule has 2 rings (SSSR count). The summed E-state index contributed by atoms with van der Waals surface area (Å²) >= 11 is 1.61. The largest absolute Gasteiger partial charge is 0.481 e. The SMILES string of the molecule is Cc1nnc(SCc2ccc(CC(=O)O)cc2)n1C. The Hall–Kier alpha value is -1.82. The molecule has 0 saturated carbocycles. The molecule has 0 radical (unpaired) electrons. The molecule has 0 amide bonds. The van der Waals surface area contributed by atoms with Crippen LogP contribution in [-0.2, 0) is 24.0 Å². The van der Waals surface area contributed by atoms with E-state index < -0.39 is 5.97 Å². The maximum Gasteiger partial charge on any atom is 0.307 e. The molecule has 1 N–H and O–H groups in total. The van der Waals surface area contributed by atoms with Gasteiger partial charge in [0.2, 0.25) is 0 Å². The average molecular weight is 277 g/mol. The number of hydrogen-bond donors (Lipinski definition) is 1. The molecule has 0 aliphatic heterocycles. The van der Waals surface area contributed by atoms with Gasteiger partial charge in [0, 0.05) is 12.8 Å². The maximum absolute atomic E-state index is 10.6. The minimum absolute atomic E-state index is 0.0654. The third-order valence-corrected chi connectivity index (χ3v) is 3.89. The van der Waals surface area contributed by atoms with E-state index in [0.717, 1.165) is 27.9 Å². The monoisotopic (exact) mass is 277 g/mol. The summed E-state index contributed by atoms with van der Waals surface area (Å²) in [6.07, 6.45) is 0.0654. The number of thioether (sulfide) groups is 1. The predicted octanol–water partition coefficient (Wildman–Crippen LogP) is 2.04. The number of aromatic nitrogens is 3. The third-order valence-electron chi connectivity index (χ3n) is 2.80. The fourth-order valence-corrected chi connectivity index (χ4v) is 2.50. The highest BCUT2D eigenvalue weighted by Crippen LogP contribution is 2.21. The van der Waals surface area contributed by atoms with Crippen LogP contribution in [0.25, 0.3) is 0 Å². The number of aliphatic carboxylic acids is 1. The zero-order chi connectivity index (χ0) is 13.8. The van der Waals surface area contributed by atoms with Crippen LogP contribution in [0.15, 0.2) is 29.4 Å². The highest BCUT2D eigenvalue weighted by atomic mass is 32.2. The smallest absolute Gasteiger partial charge is 0.307 e. The molecule has 0 atom stereocenters. The van der Waals surface area contributed by atoms with Gasteiger partial charge in [-0.3, -0.25) is 4.79 Å². The first-order chi connectivity index (χ1) is 9.06. The van der Waals surface area contributed by atoms with E-state index in [1.165, 1.54) is 0 Å². The van der Waals surface area contributed by atoms with Crippen LogP contribution in [0.4, 0.5) is 0 Å². The summed E-state index contributed by atoms with van der Waals surface area (Å²) < 4.78 is 1.95. The lowest BCUT2D eigenvalue weighted by Crippen LogP contribution is -1.99. The van der Waals surface area contributed by atoms with Gasteiger partial charge in [0.05, 0.1) is 6.42 Å². The number of carboxylic acid groups (broad SMARTS) is 1. The van der Waals surface area contributed by atoms with Crippen molar-refractivity contribution >= 4 is 17.7 Å². The van der Waals surface area contributed by atoms with Gasteiger partial charge >= 0.3 is 5.97 Å². The van der Waals surface area contributed by atoms with E-state index in [9.17, 15) is 4.79 Å². The first-order valence-electron chi connectivity index (χ1n) is 5.84. The van der Waals surface area contributed by atoms with Crippen molar-refractivity contribution in [1.82, 2.24) is 14.8 Å². The van der Waals surface area contributed by atoms with Crippen molar-refractivity contribution in [3.05, 3.63) is 41.2 Å². The first kappa shape index (κ1) is 13.6. The van der Waals surface area contributed by atoms with Gasteiger partial charge in [0.15, 0.2) is 5.16 Å². The molecule has 100 valence electrons. The van der Waals surface area contributed by atoms with Gasteiger partial charge in [-0.15, -0.1) is 10.2 Å². The fraction of sp³-hybridized carbons (Fsp3) is 0.308. The van der Waals surface area contributed by atoms with Gasteiger partial charge in [-0.1, -0.05) is 36.0 Å². The van der Waals surface area contributed by atoms with E-state index in [1.807, 2.05) is 42.8 Å². The standard InChI is InChI=1S/C13H15N3O2S/c1-9-14-15-13(16(9)2)19-8-11-5-3-10(4-6-11)7-12(17)18/h3-6H,7-8H2,1-2H3,(H,17,18). The summed E-state index contributed by atoms with van der Waals surface area (Å²) in [5, 5.41) is 17.7. The van der Waals surface area contributed by atoms with Gasteiger partial charge in [-0.05, 0) is 18.1 Å². The molecule has 2 aromatic rings. The summed E-state index contributed by atoms with van der Waals surface area (Å²) in [4.78, 5) is 10.6. The molecule has 1 aromatic carbocycles. The van der Waals surface area contributed by atoms with Crippen molar-refractivity contribution < 1.29 is 9.90 Å². The minimum Gasteiger partial charge on any atom is -0.481 e. The van der Waals surface area contributed by atoms with Crippen molar-refractivity contribution in [3.8, 4) is 0 Å². The van der Waals surface area contributed by atoms with Crippen LogP contribution < -0.4 is 0 Å². The molecule has 0 unspecified atom stereocenters. The highest BCUT2D eigenvalue weighted by molar-refractivity contribution is 7.98. The van der Waals surface area contributed by atoms with Crippen LogP contribution in [0.1, 0.15) is 17.0 Å². The van der Waals surface area contributed by atoms with Crippen LogP contribution >= 0.6 is 11.8 Å². The number of nitrogens with zero attached hydrogens (tertiary/aromatic N) is 3. The Balaban J connectivity index is 1.96. The minimum atomic E-state index is -0.809. The molecule has 0 aliphatic carbocycles. The Morgan fingerprint density at radius 1 is 1.26 bits per heavy atom. The van der Waals surface area contributed by atoms with Crippen LogP contribution in [0.3, 0.4) is 0 Å². The third kappa shape index (κ3) is 3.57. The second-order valence-electron chi connectivity index (χ2n) is 4.26. The second-order valence-corrected chi connectivity index (χ2v) is 5.21. The number of hydrogen-bond acceptors (Lipinski definition) is 4. The van der Waals surface area contributed by atoms with E-state index in [4.69, 9.17) is 5.11 Å². The molecule has 0 bridgehead atoms. The Morgan fingerprint density at radius 3 is 2.42 bits per heavy atom.